The maximum Gasteiger partial charge on any atom is 0.191 e. The predicted molar refractivity (Wildman–Crippen MR) is 144 cm³/mol. The van der Waals surface area contributed by atoms with Gasteiger partial charge in [-0.1, -0.05) is 43.3 Å². The number of rotatable bonds is 9. The molecule has 1 aromatic heterocycles. The number of ether oxygens (including phenoxy) is 1. The van der Waals surface area contributed by atoms with Crippen LogP contribution < -0.4 is 10.6 Å². The Labute approximate surface area is 215 Å². The fourth-order valence-corrected chi connectivity index (χ4v) is 4.24. The molecule has 1 saturated heterocycles. The van der Waals surface area contributed by atoms with E-state index in [1.807, 2.05) is 0 Å². The topological polar surface area (TPSA) is 74.9 Å². The summed E-state index contributed by atoms with van der Waals surface area (Å²) in [6.07, 6.45) is 2.29. The van der Waals surface area contributed by atoms with Gasteiger partial charge in [0.2, 0.25) is 0 Å². The van der Waals surface area contributed by atoms with Gasteiger partial charge in [-0.2, -0.15) is 0 Å². The fraction of sp³-hybridized carbons (Fsp3) is 0.600. The van der Waals surface area contributed by atoms with Crippen LogP contribution in [-0.4, -0.2) is 47.9 Å². The Balaban J connectivity index is 0.00000385. The largest absolute Gasteiger partial charge is 0.373 e. The Bertz CT molecular complexity index is 837. The molecule has 0 bridgehead atoms. The summed E-state index contributed by atoms with van der Waals surface area (Å²) in [5, 5.41) is 11.0. The van der Waals surface area contributed by atoms with Gasteiger partial charge >= 0.3 is 0 Å². The van der Waals surface area contributed by atoms with Crippen LogP contribution in [0, 0.1) is 0 Å². The van der Waals surface area contributed by atoms with Crippen molar-refractivity contribution in [1.82, 2.24) is 20.7 Å². The highest BCUT2D eigenvalue weighted by Gasteiger charge is 2.22. The van der Waals surface area contributed by atoms with E-state index < -0.39 is 0 Å². The van der Waals surface area contributed by atoms with Crippen molar-refractivity contribution in [3.8, 4) is 0 Å². The standard InChI is InChI=1S/C25H39N5O2.HI/c1-6-23-22(24(7-2)32-29-23)14-28-25(26-8-3)27-13-20-9-11-21(12-10-20)17-30-15-18(4)31-19(5)16-30;/h9-12,18-19H,6-8,13-17H2,1-5H3,(H2,26,27,28);1H. The number of halogens is 1. The first-order valence-corrected chi connectivity index (χ1v) is 12.0. The number of nitrogens with zero attached hydrogens (tertiary/aromatic N) is 3. The van der Waals surface area contributed by atoms with Crippen molar-refractivity contribution in [3.63, 3.8) is 0 Å². The van der Waals surface area contributed by atoms with Gasteiger partial charge in [-0.3, -0.25) is 4.90 Å². The Morgan fingerprint density at radius 1 is 1.03 bits per heavy atom. The van der Waals surface area contributed by atoms with Gasteiger partial charge in [-0.25, -0.2) is 4.99 Å². The number of morpholine rings is 1. The van der Waals surface area contributed by atoms with E-state index in [1.165, 1.54) is 11.1 Å². The molecule has 2 atom stereocenters. The second-order valence-corrected chi connectivity index (χ2v) is 8.55. The first-order valence-electron chi connectivity index (χ1n) is 12.0. The number of hydrogen-bond donors (Lipinski definition) is 2. The molecule has 0 amide bonds. The molecule has 7 nitrogen and oxygen atoms in total. The van der Waals surface area contributed by atoms with Gasteiger partial charge in [0, 0.05) is 44.7 Å². The minimum atomic E-state index is 0. The maximum absolute atomic E-state index is 5.84. The van der Waals surface area contributed by atoms with Gasteiger partial charge in [0.25, 0.3) is 0 Å². The van der Waals surface area contributed by atoms with E-state index in [-0.39, 0.29) is 24.0 Å². The van der Waals surface area contributed by atoms with Crippen LogP contribution in [0.1, 0.15) is 62.8 Å². The summed E-state index contributed by atoms with van der Waals surface area (Å²) < 4.78 is 11.3. The minimum absolute atomic E-state index is 0. The van der Waals surface area contributed by atoms with Crippen molar-refractivity contribution in [1.29, 1.82) is 0 Å². The maximum atomic E-state index is 5.84. The van der Waals surface area contributed by atoms with Crippen LogP contribution in [0.4, 0.5) is 0 Å². The zero-order chi connectivity index (χ0) is 22.9. The highest BCUT2D eigenvalue weighted by Crippen LogP contribution is 2.16. The number of aryl methyl sites for hydroxylation is 2. The number of aromatic nitrogens is 1. The van der Waals surface area contributed by atoms with Gasteiger partial charge in [0.05, 0.1) is 24.4 Å². The van der Waals surface area contributed by atoms with E-state index in [1.54, 1.807) is 0 Å². The van der Waals surface area contributed by atoms with E-state index in [4.69, 9.17) is 14.3 Å². The number of nitrogens with one attached hydrogen (secondary N) is 2. The lowest BCUT2D eigenvalue weighted by molar-refractivity contribution is -0.0704. The lowest BCUT2D eigenvalue weighted by Crippen LogP contribution is -2.44. The molecule has 33 heavy (non-hydrogen) atoms. The second kappa shape index (κ2) is 13.9. The molecule has 8 heteroatoms. The molecule has 2 unspecified atom stereocenters. The van der Waals surface area contributed by atoms with E-state index in [0.29, 0.717) is 25.3 Å². The van der Waals surface area contributed by atoms with E-state index in [9.17, 15) is 0 Å². The highest BCUT2D eigenvalue weighted by atomic mass is 127. The highest BCUT2D eigenvalue weighted by molar-refractivity contribution is 14.0. The van der Waals surface area contributed by atoms with Crippen molar-refractivity contribution in [2.24, 2.45) is 4.99 Å². The number of aliphatic imine (C=N–C) groups is 1. The van der Waals surface area contributed by atoms with E-state index in [2.05, 4.69) is 79.6 Å². The quantitative estimate of drug-likeness (QED) is 0.267. The molecule has 1 fully saturated rings. The summed E-state index contributed by atoms with van der Waals surface area (Å²) in [5.74, 6) is 1.75. The molecule has 2 heterocycles. The first-order chi connectivity index (χ1) is 15.5. The molecule has 0 spiro atoms. The molecular weight excluding hydrogens is 529 g/mol. The third-order valence-electron chi connectivity index (χ3n) is 5.73. The summed E-state index contributed by atoms with van der Waals surface area (Å²) in [6, 6.07) is 8.79. The van der Waals surface area contributed by atoms with Gasteiger partial charge < -0.3 is 19.9 Å². The lowest BCUT2D eigenvalue weighted by atomic mass is 10.1. The normalized spacial score (nSPS) is 19.2. The van der Waals surface area contributed by atoms with Crippen molar-refractivity contribution >= 4 is 29.9 Å². The van der Waals surface area contributed by atoms with Crippen LogP contribution in [0.25, 0.3) is 0 Å². The third-order valence-corrected chi connectivity index (χ3v) is 5.73. The molecule has 1 aliphatic heterocycles. The monoisotopic (exact) mass is 569 g/mol. The first kappa shape index (κ1) is 27.6. The molecule has 2 N–H and O–H groups in total. The van der Waals surface area contributed by atoms with Crippen molar-refractivity contribution in [3.05, 3.63) is 52.4 Å². The van der Waals surface area contributed by atoms with Crippen LogP contribution >= 0.6 is 24.0 Å². The summed E-state index contributed by atoms with van der Waals surface area (Å²) >= 11 is 0. The lowest BCUT2D eigenvalue weighted by Gasteiger charge is -2.35. The van der Waals surface area contributed by atoms with Crippen LogP contribution in [0.3, 0.4) is 0 Å². The molecule has 1 aromatic carbocycles. The second-order valence-electron chi connectivity index (χ2n) is 8.55. The molecule has 0 radical (unpaired) electrons. The smallest absolute Gasteiger partial charge is 0.191 e. The Morgan fingerprint density at radius 3 is 2.30 bits per heavy atom. The van der Waals surface area contributed by atoms with E-state index in [0.717, 1.165) is 62.0 Å². The summed E-state index contributed by atoms with van der Waals surface area (Å²) in [6.45, 7) is 15.6. The van der Waals surface area contributed by atoms with Crippen LogP contribution in [0.15, 0.2) is 33.8 Å². The summed E-state index contributed by atoms with van der Waals surface area (Å²) in [4.78, 5) is 7.25. The summed E-state index contributed by atoms with van der Waals surface area (Å²) in [5.41, 5.74) is 4.69. The number of guanidine groups is 1. The Kier molecular flexibility index (Phi) is 11.6. The predicted octanol–water partition coefficient (Wildman–Crippen LogP) is 4.28. The van der Waals surface area contributed by atoms with Crippen LogP contribution in [-0.2, 0) is 37.2 Å². The average Bonchev–Trinajstić information content (AvgIpc) is 3.18. The van der Waals surface area contributed by atoms with Gasteiger partial charge in [0.1, 0.15) is 5.76 Å². The Hall–Kier alpha value is -1.65. The zero-order valence-electron chi connectivity index (χ0n) is 20.7. The van der Waals surface area contributed by atoms with Gasteiger partial charge in [-0.05, 0) is 38.3 Å². The molecule has 3 rings (SSSR count). The van der Waals surface area contributed by atoms with Crippen LogP contribution in [0.5, 0.6) is 0 Å². The fourth-order valence-electron chi connectivity index (χ4n) is 4.24. The van der Waals surface area contributed by atoms with Gasteiger partial charge in [-0.15, -0.1) is 24.0 Å². The van der Waals surface area contributed by atoms with Crippen LogP contribution in [0.2, 0.25) is 0 Å². The third kappa shape index (κ3) is 8.26. The van der Waals surface area contributed by atoms with Crippen molar-refractivity contribution in [2.45, 2.75) is 79.3 Å². The molecule has 2 aromatic rings. The summed E-state index contributed by atoms with van der Waals surface area (Å²) in [7, 11) is 0. The Morgan fingerprint density at radius 2 is 1.70 bits per heavy atom. The zero-order valence-corrected chi connectivity index (χ0v) is 23.0. The SMILES string of the molecule is CCNC(=NCc1ccc(CN2CC(C)OC(C)C2)cc1)NCc1c(CC)noc1CC.I. The minimum Gasteiger partial charge on any atom is -0.373 e. The van der Waals surface area contributed by atoms with Gasteiger partial charge in [0.15, 0.2) is 5.96 Å². The molecule has 1 aliphatic rings. The number of benzene rings is 1. The van der Waals surface area contributed by atoms with Crippen molar-refractivity contribution < 1.29 is 9.26 Å². The molecular formula is C25H40IN5O2. The number of hydrogen-bond acceptors (Lipinski definition) is 5. The molecule has 0 saturated carbocycles. The van der Waals surface area contributed by atoms with E-state index >= 15 is 0 Å². The van der Waals surface area contributed by atoms with Crippen molar-refractivity contribution in [2.75, 3.05) is 19.6 Å². The molecule has 0 aliphatic carbocycles. The average molecular weight is 570 g/mol. The molecule has 184 valence electrons.